The Bertz CT molecular complexity index is 268. The summed E-state index contributed by atoms with van der Waals surface area (Å²) in [5.41, 5.74) is 0. The topological polar surface area (TPSA) is 24.9 Å². The molecule has 0 amide bonds. The predicted octanol–water partition coefficient (Wildman–Crippen LogP) is 2.34. The molecule has 0 aliphatic carbocycles. The fourth-order valence-corrected chi connectivity index (χ4v) is 2.85. The van der Waals surface area contributed by atoms with Gasteiger partial charge in [0.1, 0.15) is 0 Å². The van der Waals surface area contributed by atoms with E-state index in [1.54, 1.807) is 11.3 Å². The van der Waals surface area contributed by atoms with Crippen molar-refractivity contribution in [3.8, 4) is 0 Å². The highest BCUT2D eigenvalue weighted by Gasteiger charge is 2.14. The van der Waals surface area contributed by atoms with E-state index in [1.165, 1.54) is 24.3 Å². The highest BCUT2D eigenvalue weighted by molar-refractivity contribution is 7.15. The summed E-state index contributed by atoms with van der Waals surface area (Å²) in [6.45, 7) is 2.33. The van der Waals surface area contributed by atoms with Gasteiger partial charge in [-0.25, -0.2) is 4.98 Å². The van der Waals surface area contributed by atoms with Crippen molar-refractivity contribution in [3.63, 3.8) is 0 Å². The first kappa shape index (κ1) is 9.44. The predicted molar refractivity (Wildman–Crippen MR) is 56.4 cm³/mol. The van der Waals surface area contributed by atoms with Crippen LogP contribution in [0.3, 0.4) is 0 Å². The third-order valence-corrected chi connectivity index (χ3v) is 3.55. The maximum absolute atomic E-state index is 5.77. The van der Waals surface area contributed by atoms with E-state index in [1.807, 2.05) is 6.20 Å². The minimum atomic E-state index is 0.666. The fourth-order valence-electron chi connectivity index (χ4n) is 1.76. The van der Waals surface area contributed by atoms with Gasteiger partial charge in [0.15, 0.2) is 4.47 Å². The Morgan fingerprint density at radius 3 is 3.23 bits per heavy atom. The molecule has 2 heterocycles. The van der Waals surface area contributed by atoms with Gasteiger partial charge in [-0.2, -0.15) is 0 Å². The van der Waals surface area contributed by atoms with E-state index >= 15 is 0 Å². The van der Waals surface area contributed by atoms with Crippen LogP contribution in [0.15, 0.2) is 6.20 Å². The Kier molecular flexibility index (Phi) is 3.19. The summed E-state index contributed by atoms with van der Waals surface area (Å²) in [4.78, 5) is 5.36. The SMILES string of the molecule is Clc1ncc(CC2CCCNC2)s1. The third-order valence-electron chi connectivity index (χ3n) is 2.41. The fraction of sp³-hybridized carbons (Fsp3) is 0.667. The molecule has 1 aliphatic heterocycles. The molecule has 0 radical (unpaired) electrons. The number of nitrogens with one attached hydrogen (secondary N) is 1. The number of nitrogens with zero attached hydrogens (tertiary/aromatic N) is 1. The van der Waals surface area contributed by atoms with Crippen LogP contribution in [0.2, 0.25) is 4.47 Å². The maximum atomic E-state index is 5.77. The van der Waals surface area contributed by atoms with Gasteiger partial charge >= 0.3 is 0 Å². The standard InChI is InChI=1S/C9H13ClN2S/c10-9-12-6-8(13-9)4-7-2-1-3-11-5-7/h6-7,11H,1-5H2. The molecule has 1 N–H and O–H groups in total. The molecule has 4 heteroatoms. The molecule has 1 unspecified atom stereocenters. The van der Waals surface area contributed by atoms with Crippen LogP contribution < -0.4 is 5.32 Å². The van der Waals surface area contributed by atoms with Crippen molar-refractivity contribution in [3.05, 3.63) is 15.5 Å². The molecule has 2 rings (SSSR count). The minimum absolute atomic E-state index is 0.666. The number of piperidine rings is 1. The second kappa shape index (κ2) is 4.40. The Morgan fingerprint density at radius 2 is 2.62 bits per heavy atom. The van der Waals surface area contributed by atoms with Gasteiger partial charge in [-0.15, -0.1) is 11.3 Å². The third kappa shape index (κ3) is 2.66. The van der Waals surface area contributed by atoms with E-state index in [9.17, 15) is 0 Å². The van der Waals surface area contributed by atoms with Gasteiger partial charge in [-0.3, -0.25) is 0 Å². The van der Waals surface area contributed by atoms with E-state index in [0.717, 1.165) is 18.9 Å². The van der Waals surface area contributed by atoms with E-state index in [-0.39, 0.29) is 0 Å². The summed E-state index contributed by atoms with van der Waals surface area (Å²) >= 11 is 7.38. The highest BCUT2D eigenvalue weighted by Crippen LogP contribution is 2.23. The van der Waals surface area contributed by atoms with Crippen LogP contribution in [0.5, 0.6) is 0 Å². The van der Waals surface area contributed by atoms with Crippen LogP contribution in [0.4, 0.5) is 0 Å². The van der Waals surface area contributed by atoms with E-state index in [2.05, 4.69) is 10.3 Å². The average molecular weight is 217 g/mol. The lowest BCUT2D eigenvalue weighted by atomic mass is 9.96. The van der Waals surface area contributed by atoms with E-state index < -0.39 is 0 Å². The molecule has 1 aliphatic rings. The van der Waals surface area contributed by atoms with E-state index in [4.69, 9.17) is 11.6 Å². The normalized spacial score (nSPS) is 23.3. The molecule has 1 saturated heterocycles. The quantitative estimate of drug-likeness (QED) is 0.821. The van der Waals surface area contributed by atoms with Crippen LogP contribution in [0.1, 0.15) is 17.7 Å². The molecular formula is C9H13ClN2S. The van der Waals surface area contributed by atoms with Crippen molar-refractivity contribution in [1.29, 1.82) is 0 Å². The lowest BCUT2D eigenvalue weighted by molar-refractivity contribution is 0.377. The largest absolute Gasteiger partial charge is 0.316 e. The number of thiazole rings is 1. The van der Waals surface area contributed by atoms with Gasteiger partial charge in [-0.05, 0) is 38.3 Å². The monoisotopic (exact) mass is 216 g/mol. The molecule has 2 nitrogen and oxygen atoms in total. The van der Waals surface area contributed by atoms with Crippen LogP contribution in [0, 0.1) is 5.92 Å². The molecule has 72 valence electrons. The molecule has 0 saturated carbocycles. The van der Waals surface area contributed by atoms with Crippen molar-refractivity contribution < 1.29 is 0 Å². The zero-order chi connectivity index (χ0) is 9.10. The summed E-state index contributed by atoms with van der Waals surface area (Å²) in [7, 11) is 0. The Hall–Kier alpha value is -0.120. The zero-order valence-corrected chi connectivity index (χ0v) is 9.00. The number of hydrogen-bond donors (Lipinski definition) is 1. The summed E-state index contributed by atoms with van der Waals surface area (Å²) in [5, 5.41) is 3.41. The zero-order valence-electron chi connectivity index (χ0n) is 7.42. The van der Waals surface area contributed by atoms with Crippen molar-refractivity contribution in [1.82, 2.24) is 10.3 Å². The molecule has 13 heavy (non-hydrogen) atoms. The minimum Gasteiger partial charge on any atom is -0.316 e. The molecule has 0 aromatic carbocycles. The summed E-state index contributed by atoms with van der Waals surface area (Å²) < 4.78 is 0.666. The number of aromatic nitrogens is 1. The van der Waals surface area contributed by atoms with Crippen molar-refractivity contribution in [2.45, 2.75) is 19.3 Å². The second-order valence-corrected chi connectivity index (χ2v) is 5.19. The van der Waals surface area contributed by atoms with Gasteiger partial charge < -0.3 is 5.32 Å². The highest BCUT2D eigenvalue weighted by atomic mass is 35.5. The van der Waals surface area contributed by atoms with Crippen LogP contribution in [-0.4, -0.2) is 18.1 Å². The van der Waals surface area contributed by atoms with Gasteiger partial charge in [0.2, 0.25) is 0 Å². The van der Waals surface area contributed by atoms with Gasteiger partial charge in [0.25, 0.3) is 0 Å². The Labute approximate surface area is 87.3 Å². The molecular weight excluding hydrogens is 204 g/mol. The molecule has 1 atom stereocenters. The molecule has 1 fully saturated rings. The summed E-state index contributed by atoms with van der Waals surface area (Å²) in [5.74, 6) is 0.783. The summed E-state index contributed by atoms with van der Waals surface area (Å²) in [6, 6.07) is 0. The smallest absolute Gasteiger partial charge is 0.183 e. The lowest BCUT2D eigenvalue weighted by Crippen LogP contribution is -2.30. The Balaban J connectivity index is 1.89. The molecule has 1 aromatic rings. The van der Waals surface area contributed by atoms with Crippen LogP contribution in [-0.2, 0) is 6.42 Å². The van der Waals surface area contributed by atoms with Crippen LogP contribution >= 0.6 is 22.9 Å². The van der Waals surface area contributed by atoms with Crippen molar-refractivity contribution in [2.75, 3.05) is 13.1 Å². The van der Waals surface area contributed by atoms with Gasteiger partial charge in [0.05, 0.1) is 0 Å². The van der Waals surface area contributed by atoms with Crippen molar-refractivity contribution in [2.24, 2.45) is 5.92 Å². The molecule has 0 bridgehead atoms. The van der Waals surface area contributed by atoms with Crippen LogP contribution in [0.25, 0.3) is 0 Å². The molecule has 0 spiro atoms. The summed E-state index contributed by atoms with van der Waals surface area (Å²) in [6.07, 6.45) is 5.68. The molecule has 1 aromatic heterocycles. The first-order valence-corrected chi connectivity index (χ1v) is 5.85. The number of hydrogen-bond acceptors (Lipinski definition) is 3. The maximum Gasteiger partial charge on any atom is 0.183 e. The number of rotatable bonds is 2. The first-order valence-electron chi connectivity index (χ1n) is 4.65. The average Bonchev–Trinajstić information content (AvgIpc) is 2.53. The van der Waals surface area contributed by atoms with E-state index in [0.29, 0.717) is 4.47 Å². The van der Waals surface area contributed by atoms with Gasteiger partial charge in [-0.1, -0.05) is 11.6 Å². The second-order valence-electron chi connectivity index (χ2n) is 3.50. The van der Waals surface area contributed by atoms with Gasteiger partial charge in [0, 0.05) is 11.1 Å². The first-order chi connectivity index (χ1) is 6.34. The Morgan fingerprint density at radius 1 is 1.69 bits per heavy atom. The number of halogens is 1. The lowest BCUT2D eigenvalue weighted by Gasteiger charge is -2.21. The van der Waals surface area contributed by atoms with Crippen molar-refractivity contribution >= 4 is 22.9 Å².